The van der Waals surface area contributed by atoms with Gasteiger partial charge >= 0.3 is 0 Å². The maximum atomic E-state index is 9.97. The molecule has 0 amide bonds. The molecule has 0 radical (unpaired) electrons. The second kappa shape index (κ2) is 5.66. The first-order valence-corrected chi connectivity index (χ1v) is 5.26. The van der Waals surface area contributed by atoms with Gasteiger partial charge in [0.25, 0.3) is 0 Å². The first-order chi connectivity index (χ1) is 6.75. The maximum Gasteiger partial charge on any atom is 0.117 e. The summed E-state index contributed by atoms with van der Waals surface area (Å²) in [6.07, 6.45) is 3.09. The Morgan fingerprint density at radius 2 is 2.36 bits per heavy atom. The van der Waals surface area contributed by atoms with Crippen molar-refractivity contribution in [2.75, 3.05) is 26.9 Å². The van der Waals surface area contributed by atoms with Crippen molar-refractivity contribution in [3.63, 3.8) is 0 Å². The summed E-state index contributed by atoms with van der Waals surface area (Å²) in [4.78, 5) is 0. The van der Waals surface area contributed by atoms with Crippen LogP contribution in [0.5, 0.6) is 0 Å². The van der Waals surface area contributed by atoms with Crippen molar-refractivity contribution in [2.45, 2.75) is 37.4 Å². The molecule has 1 aliphatic rings. The molecule has 1 unspecified atom stereocenters. The van der Waals surface area contributed by atoms with Crippen LogP contribution in [-0.2, 0) is 9.47 Å². The van der Waals surface area contributed by atoms with E-state index in [1.807, 2.05) is 0 Å². The van der Waals surface area contributed by atoms with Gasteiger partial charge in [-0.1, -0.05) is 0 Å². The standard InChI is InChI=1S/C10H21NO3/c1-13-8-10(9(12)4-6-11)5-2-3-7-14-10/h9,12H,2-8,11H2,1H3/t9-,10?/m1/s1. The largest absolute Gasteiger partial charge is 0.390 e. The fourth-order valence-electron chi connectivity index (χ4n) is 2.01. The van der Waals surface area contributed by atoms with Gasteiger partial charge in [0.1, 0.15) is 5.60 Å². The van der Waals surface area contributed by atoms with Gasteiger partial charge in [0.05, 0.1) is 12.7 Å². The van der Waals surface area contributed by atoms with Gasteiger partial charge in [0, 0.05) is 13.7 Å². The molecular formula is C10H21NO3. The van der Waals surface area contributed by atoms with E-state index in [1.165, 1.54) is 0 Å². The fourth-order valence-corrected chi connectivity index (χ4v) is 2.01. The Labute approximate surface area is 85.4 Å². The monoisotopic (exact) mass is 203 g/mol. The molecule has 0 saturated carbocycles. The summed E-state index contributed by atoms with van der Waals surface area (Å²) in [7, 11) is 1.63. The zero-order valence-corrected chi connectivity index (χ0v) is 8.87. The van der Waals surface area contributed by atoms with Crippen LogP contribution in [0.3, 0.4) is 0 Å². The maximum absolute atomic E-state index is 9.97. The Kier molecular flexibility index (Phi) is 4.81. The molecule has 0 aromatic rings. The minimum Gasteiger partial charge on any atom is -0.390 e. The molecule has 1 fully saturated rings. The lowest BCUT2D eigenvalue weighted by Crippen LogP contribution is -2.51. The summed E-state index contributed by atoms with van der Waals surface area (Å²) in [6.45, 7) is 1.65. The lowest BCUT2D eigenvalue weighted by molar-refractivity contribution is -0.175. The van der Waals surface area contributed by atoms with Crippen molar-refractivity contribution < 1.29 is 14.6 Å². The van der Waals surface area contributed by atoms with Crippen LogP contribution in [-0.4, -0.2) is 43.7 Å². The summed E-state index contributed by atoms with van der Waals surface area (Å²) in [5.74, 6) is 0. The highest BCUT2D eigenvalue weighted by Crippen LogP contribution is 2.30. The van der Waals surface area contributed by atoms with Crippen LogP contribution in [0, 0.1) is 0 Å². The van der Waals surface area contributed by atoms with E-state index >= 15 is 0 Å². The van der Waals surface area contributed by atoms with E-state index in [0.29, 0.717) is 26.2 Å². The summed E-state index contributed by atoms with van der Waals surface area (Å²) in [5, 5.41) is 9.97. The van der Waals surface area contributed by atoms with E-state index in [9.17, 15) is 5.11 Å². The Balaban J connectivity index is 2.58. The Bertz CT molecular complexity index is 152. The van der Waals surface area contributed by atoms with E-state index < -0.39 is 11.7 Å². The lowest BCUT2D eigenvalue weighted by Gasteiger charge is -2.40. The van der Waals surface area contributed by atoms with Crippen LogP contribution in [0.1, 0.15) is 25.7 Å². The van der Waals surface area contributed by atoms with Crippen molar-refractivity contribution in [2.24, 2.45) is 5.73 Å². The summed E-state index contributed by atoms with van der Waals surface area (Å²) in [6, 6.07) is 0. The molecule has 4 heteroatoms. The van der Waals surface area contributed by atoms with E-state index in [0.717, 1.165) is 19.3 Å². The predicted molar refractivity (Wildman–Crippen MR) is 54.1 cm³/mol. The molecule has 1 rings (SSSR count). The number of rotatable bonds is 5. The summed E-state index contributed by atoms with van der Waals surface area (Å²) in [5.41, 5.74) is 4.93. The van der Waals surface area contributed by atoms with Gasteiger partial charge in [-0.15, -0.1) is 0 Å². The molecule has 84 valence electrons. The molecule has 14 heavy (non-hydrogen) atoms. The minimum absolute atomic E-state index is 0.453. The zero-order chi connectivity index (χ0) is 10.4. The van der Waals surface area contributed by atoms with Gasteiger partial charge in [-0.2, -0.15) is 0 Å². The minimum atomic E-state index is -0.508. The first kappa shape index (κ1) is 11.9. The molecule has 1 heterocycles. The molecule has 1 aliphatic heterocycles. The molecule has 0 aromatic heterocycles. The Hall–Kier alpha value is -0.160. The molecule has 4 nitrogen and oxygen atoms in total. The zero-order valence-electron chi connectivity index (χ0n) is 8.87. The van der Waals surface area contributed by atoms with Crippen molar-refractivity contribution in [1.82, 2.24) is 0 Å². The number of nitrogens with two attached hydrogens (primary N) is 1. The quantitative estimate of drug-likeness (QED) is 0.673. The van der Waals surface area contributed by atoms with Crippen LogP contribution in [0.25, 0.3) is 0 Å². The molecule has 0 aliphatic carbocycles. The Morgan fingerprint density at radius 3 is 2.86 bits per heavy atom. The SMILES string of the molecule is COCC1([C@H](O)CCN)CCCCO1. The van der Waals surface area contributed by atoms with Crippen molar-refractivity contribution in [1.29, 1.82) is 0 Å². The molecule has 0 spiro atoms. The summed E-state index contributed by atoms with van der Waals surface area (Å²) < 4.78 is 10.8. The number of hydrogen-bond donors (Lipinski definition) is 2. The van der Waals surface area contributed by atoms with Crippen molar-refractivity contribution in [3.05, 3.63) is 0 Å². The van der Waals surface area contributed by atoms with Gasteiger partial charge in [0.15, 0.2) is 0 Å². The third kappa shape index (κ3) is 2.67. The molecule has 0 bridgehead atoms. The number of aliphatic hydroxyl groups is 1. The highest BCUT2D eigenvalue weighted by atomic mass is 16.5. The smallest absolute Gasteiger partial charge is 0.117 e. The first-order valence-electron chi connectivity index (χ1n) is 5.26. The van der Waals surface area contributed by atoms with Gasteiger partial charge in [-0.05, 0) is 32.2 Å². The topological polar surface area (TPSA) is 64.7 Å². The third-order valence-electron chi connectivity index (χ3n) is 2.82. The van der Waals surface area contributed by atoms with Gasteiger partial charge < -0.3 is 20.3 Å². The average molecular weight is 203 g/mol. The predicted octanol–water partition coefficient (Wildman–Crippen LogP) is 0.282. The van der Waals surface area contributed by atoms with Crippen LogP contribution in [0.4, 0.5) is 0 Å². The van der Waals surface area contributed by atoms with Crippen molar-refractivity contribution >= 4 is 0 Å². The molecule has 1 saturated heterocycles. The number of hydrogen-bond acceptors (Lipinski definition) is 4. The van der Waals surface area contributed by atoms with E-state index in [-0.39, 0.29) is 0 Å². The number of ether oxygens (including phenoxy) is 2. The van der Waals surface area contributed by atoms with Crippen LogP contribution < -0.4 is 5.73 Å². The molecular weight excluding hydrogens is 182 g/mol. The van der Waals surface area contributed by atoms with Crippen LogP contribution in [0.2, 0.25) is 0 Å². The van der Waals surface area contributed by atoms with Gasteiger partial charge in [0.2, 0.25) is 0 Å². The fraction of sp³-hybridized carbons (Fsp3) is 1.00. The van der Waals surface area contributed by atoms with Gasteiger partial charge in [-0.3, -0.25) is 0 Å². The third-order valence-corrected chi connectivity index (χ3v) is 2.82. The molecule has 3 N–H and O–H groups in total. The highest BCUT2D eigenvalue weighted by molar-refractivity contribution is 4.90. The van der Waals surface area contributed by atoms with Crippen LogP contribution >= 0.6 is 0 Å². The second-order valence-electron chi connectivity index (χ2n) is 3.90. The highest BCUT2D eigenvalue weighted by Gasteiger charge is 2.40. The summed E-state index contributed by atoms with van der Waals surface area (Å²) >= 11 is 0. The van der Waals surface area contributed by atoms with E-state index in [4.69, 9.17) is 15.2 Å². The normalized spacial score (nSPS) is 30.2. The Morgan fingerprint density at radius 1 is 1.57 bits per heavy atom. The van der Waals surface area contributed by atoms with E-state index in [1.54, 1.807) is 7.11 Å². The molecule has 0 aromatic carbocycles. The van der Waals surface area contributed by atoms with Crippen LogP contribution in [0.15, 0.2) is 0 Å². The van der Waals surface area contributed by atoms with Crippen molar-refractivity contribution in [3.8, 4) is 0 Å². The number of aliphatic hydroxyl groups excluding tert-OH is 1. The second-order valence-corrected chi connectivity index (χ2v) is 3.90. The lowest BCUT2D eigenvalue weighted by atomic mass is 9.87. The van der Waals surface area contributed by atoms with E-state index in [2.05, 4.69) is 0 Å². The molecule has 2 atom stereocenters. The number of methoxy groups -OCH3 is 1. The average Bonchev–Trinajstić information content (AvgIpc) is 2.20. The van der Waals surface area contributed by atoms with Gasteiger partial charge in [-0.25, -0.2) is 0 Å².